The van der Waals surface area contributed by atoms with Crippen molar-refractivity contribution in [2.75, 3.05) is 37.7 Å². The van der Waals surface area contributed by atoms with Crippen LogP contribution in [0.3, 0.4) is 0 Å². The third-order valence-electron chi connectivity index (χ3n) is 6.01. The molecule has 8 heteroatoms. The van der Waals surface area contributed by atoms with E-state index >= 15 is 0 Å². The van der Waals surface area contributed by atoms with Gasteiger partial charge in [0.05, 0.1) is 36.1 Å². The third-order valence-corrected chi connectivity index (χ3v) is 6.01. The Kier molecular flexibility index (Phi) is 4.57. The molecule has 0 amide bonds. The molecule has 4 heterocycles. The molecule has 0 aliphatic carbocycles. The number of likely N-dealkylation sites (N-methyl/N-ethyl adjacent to an activating group) is 1. The predicted octanol–water partition coefficient (Wildman–Crippen LogP) is 2.68. The zero-order chi connectivity index (χ0) is 20.8. The van der Waals surface area contributed by atoms with Gasteiger partial charge in [-0.2, -0.15) is 10.2 Å². The van der Waals surface area contributed by atoms with Crippen LogP contribution in [-0.2, 0) is 4.74 Å². The smallest absolute Gasteiger partial charge is 0.300 e. The van der Waals surface area contributed by atoms with Gasteiger partial charge in [-0.15, -0.1) is 0 Å². The van der Waals surface area contributed by atoms with Crippen molar-refractivity contribution in [1.29, 1.82) is 5.26 Å². The number of anilines is 1. The van der Waals surface area contributed by atoms with Gasteiger partial charge in [0.25, 0.3) is 6.01 Å². The summed E-state index contributed by atoms with van der Waals surface area (Å²) < 4.78 is 12.0. The first-order valence-corrected chi connectivity index (χ1v) is 10.2. The fourth-order valence-electron chi connectivity index (χ4n) is 4.50. The minimum absolute atomic E-state index is 0.0313. The van der Waals surface area contributed by atoms with Gasteiger partial charge in [-0.3, -0.25) is 4.90 Å². The molecule has 0 saturated carbocycles. The highest BCUT2D eigenvalue weighted by atomic mass is 16.5. The number of oxazole rings is 1. The predicted molar refractivity (Wildman–Crippen MR) is 111 cm³/mol. The van der Waals surface area contributed by atoms with Gasteiger partial charge in [0.1, 0.15) is 5.75 Å². The lowest BCUT2D eigenvalue weighted by Crippen LogP contribution is -2.51. The van der Waals surface area contributed by atoms with E-state index in [1.807, 2.05) is 19.1 Å². The van der Waals surface area contributed by atoms with Gasteiger partial charge in [0, 0.05) is 25.2 Å². The van der Waals surface area contributed by atoms with E-state index in [-0.39, 0.29) is 17.9 Å². The van der Waals surface area contributed by atoms with Crippen LogP contribution in [-0.4, -0.2) is 64.9 Å². The number of nitriles is 1. The average molecular weight is 405 g/mol. The maximum absolute atomic E-state index is 10.4. The summed E-state index contributed by atoms with van der Waals surface area (Å²) in [6.45, 7) is 8.24. The van der Waals surface area contributed by atoms with E-state index in [2.05, 4.69) is 32.8 Å². The summed E-state index contributed by atoms with van der Waals surface area (Å²) in [6, 6.07) is 9.67. The number of pyridine rings is 1. The molecule has 0 radical (unpaired) electrons. The Bertz CT molecular complexity index is 1130. The number of ether oxygens (including phenoxy) is 1. The molecule has 0 spiro atoms. The van der Waals surface area contributed by atoms with Crippen molar-refractivity contribution in [3.8, 4) is 23.1 Å². The van der Waals surface area contributed by atoms with E-state index in [0.717, 1.165) is 31.7 Å². The summed E-state index contributed by atoms with van der Waals surface area (Å²) in [5.41, 5.74) is 3.50. The SMILES string of the molecule is CCN1C[C@H]2OCCN(c3nc4nc(-c5c(C)cc(C#N)cc5O)ccc4o3)[C@H]2C1. The Balaban J connectivity index is 1.50. The number of likely N-dealkylation sites (tertiary alicyclic amines) is 1. The van der Waals surface area contributed by atoms with Gasteiger partial charge in [-0.1, -0.05) is 6.92 Å². The van der Waals surface area contributed by atoms with E-state index in [1.54, 1.807) is 6.07 Å². The highest BCUT2D eigenvalue weighted by Gasteiger charge is 2.41. The molecule has 30 heavy (non-hydrogen) atoms. The summed E-state index contributed by atoms with van der Waals surface area (Å²) in [5, 5.41) is 19.5. The first kappa shape index (κ1) is 18.9. The zero-order valence-corrected chi connectivity index (χ0v) is 17.0. The van der Waals surface area contributed by atoms with Gasteiger partial charge in [0.15, 0.2) is 5.58 Å². The van der Waals surface area contributed by atoms with Crippen molar-refractivity contribution in [3.63, 3.8) is 0 Å². The van der Waals surface area contributed by atoms with E-state index in [4.69, 9.17) is 14.4 Å². The van der Waals surface area contributed by atoms with Crippen LogP contribution in [0.4, 0.5) is 6.01 Å². The summed E-state index contributed by atoms with van der Waals surface area (Å²) in [5.74, 6) is 0.0313. The number of phenolic OH excluding ortho intramolecular Hbond substituents is 1. The molecule has 2 fully saturated rings. The molecule has 1 aromatic carbocycles. The zero-order valence-electron chi connectivity index (χ0n) is 17.0. The summed E-state index contributed by atoms with van der Waals surface area (Å²) in [6.07, 6.45) is 0.162. The summed E-state index contributed by atoms with van der Waals surface area (Å²) >= 11 is 0. The average Bonchev–Trinajstić information content (AvgIpc) is 3.36. The molecule has 2 saturated heterocycles. The van der Waals surface area contributed by atoms with Gasteiger partial charge in [-0.05, 0) is 43.3 Å². The lowest BCUT2D eigenvalue weighted by molar-refractivity contribution is 0.0293. The second kappa shape index (κ2) is 7.27. The number of aromatic nitrogens is 2. The monoisotopic (exact) mass is 405 g/mol. The Hall–Kier alpha value is -3.15. The molecule has 2 aliphatic rings. The Morgan fingerprint density at radius 2 is 2.13 bits per heavy atom. The summed E-state index contributed by atoms with van der Waals surface area (Å²) in [4.78, 5) is 13.9. The van der Waals surface area contributed by atoms with Crippen LogP contribution in [0.25, 0.3) is 22.5 Å². The van der Waals surface area contributed by atoms with Gasteiger partial charge < -0.3 is 19.2 Å². The van der Waals surface area contributed by atoms with Crippen LogP contribution in [0.15, 0.2) is 28.7 Å². The molecule has 3 aromatic rings. The van der Waals surface area contributed by atoms with E-state index < -0.39 is 0 Å². The Morgan fingerprint density at radius 3 is 2.90 bits per heavy atom. The molecular weight excluding hydrogens is 382 g/mol. The van der Waals surface area contributed by atoms with E-state index in [1.165, 1.54) is 6.07 Å². The first-order valence-electron chi connectivity index (χ1n) is 10.2. The number of fused-ring (bicyclic) bond motifs is 2. The molecule has 8 nitrogen and oxygen atoms in total. The normalized spacial score (nSPS) is 21.7. The van der Waals surface area contributed by atoms with Crippen molar-refractivity contribution >= 4 is 17.2 Å². The molecule has 1 N–H and O–H groups in total. The number of nitrogens with zero attached hydrogens (tertiary/aromatic N) is 5. The lowest BCUT2D eigenvalue weighted by atomic mass is 10.0. The molecule has 0 bridgehead atoms. The van der Waals surface area contributed by atoms with Crippen molar-refractivity contribution < 1.29 is 14.3 Å². The van der Waals surface area contributed by atoms with Crippen LogP contribution >= 0.6 is 0 Å². The molecule has 2 aliphatic heterocycles. The van der Waals surface area contributed by atoms with Crippen molar-refractivity contribution in [2.24, 2.45) is 0 Å². The van der Waals surface area contributed by atoms with Crippen LogP contribution in [0.2, 0.25) is 0 Å². The van der Waals surface area contributed by atoms with Crippen molar-refractivity contribution in [3.05, 3.63) is 35.4 Å². The second-order valence-electron chi connectivity index (χ2n) is 7.84. The molecule has 154 valence electrons. The van der Waals surface area contributed by atoms with Crippen molar-refractivity contribution in [2.45, 2.75) is 26.0 Å². The van der Waals surface area contributed by atoms with Crippen LogP contribution in [0.1, 0.15) is 18.1 Å². The van der Waals surface area contributed by atoms with Crippen molar-refractivity contribution in [1.82, 2.24) is 14.9 Å². The number of hydrogen-bond donors (Lipinski definition) is 1. The lowest BCUT2D eigenvalue weighted by Gasteiger charge is -2.35. The fourth-order valence-corrected chi connectivity index (χ4v) is 4.50. The number of morpholine rings is 1. The number of phenols is 1. The largest absolute Gasteiger partial charge is 0.507 e. The standard InChI is InChI=1S/C22H23N5O3/c1-3-26-11-16-19(12-26)29-7-6-27(16)22-25-21-18(30-22)5-4-15(24-21)20-13(2)8-14(10-23)9-17(20)28/h4-5,8-9,16,19,28H,3,6-7,11-12H2,1-2H3/t16-,19+/m0/s1. The molecule has 2 aromatic heterocycles. The van der Waals surface area contributed by atoms with Gasteiger partial charge >= 0.3 is 0 Å². The Morgan fingerprint density at radius 1 is 1.27 bits per heavy atom. The molecule has 5 rings (SSSR count). The minimum Gasteiger partial charge on any atom is -0.507 e. The minimum atomic E-state index is 0.0313. The highest BCUT2D eigenvalue weighted by Crippen LogP contribution is 2.35. The maximum atomic E-state index is 10.4. The van der Waals surface area contributed by atoms with Crippen LogP contribution in [0, 0.1) is 18.3 Å². The molecule has 2 atom stereocenters. The number of aryl methyl sites for hydroxylation is 1. The Labute approximate surface area is 174 Å². The number of rotatable bonds is 3. The van der Waals surface area contributed by atoms with E-state index in [0.29, 0.717) is 40.7 Å². The quantitative estimate of drug-likeness (QED) is 0.710. The second-order valence-corrected chi connectivity index (χ2v) is 7.84. The highest BCUT2D eigenvalue weighted by molar-refractivity contribution is 5.79. The molecular formula is C22H23N5O3. The molecule has 0 unspecified atom stereocenters. The van der Waals surface area contributed by atoms with Gasteiger partial charge in [-0.25, -0.2) is 4.98 Å². The number of benzene rings is 1. The topological polar surface area (TPSA) is 98.7 Å². The van der Waals surface area contributed by atoms with E-state index in [9.17, 15) is 5.11 Å². The summed E-state index contributed by atoms with van der Waals surface area (Å²) in [7, 11) is 0. The first-order chi connectivity index (χ1) is 14.6. The fraction of sp³-hybridized carbons (Fsp3) is 0.409. The number of hydrogen-bond acceptors (Lipinski definition) is 8. The van der Waals surface area contributed by atoms with Crippen LogP contribution in [0.5, 0.6) is 5.75 Å². The maximum Gasteiger partial charge on any atom is 0.300 e. The van der Waals surface area contributed by atoms with Crippen LogP contribution < -0.4 is 4.90 Å². The van der Waals surface area contributed by atoms with Gasteiger partial charge in [0.2, 0.25) is 5.65 Å². The third kappa shape index (κ3) is 3.07. The number of aromatic hydroxyl groups is 1.